The van der Waals surface area contributed by atoms with Crippen LogP contribution in [0.4, 0.5) is 10.1 Å². The maximum absolute atomic E-state index is 12.8. The average Bonchev–Trinajstić information content (AvgIpc) is 2.65. The van der Waals surface area contributed by atoms with Crippen molar-refractivity contribution in [3.63, 3.8) is 0 Å². The van der Waals surface area contributed by atoms with Gasteiger partial charge in [-0.2, -0.15) is 12.7 Å². The maximum Gasteiger partial charge on any atom is 0.321 e. The fraction of sp³-hybridized carbons (Fsp3) is 0.364. The summed E-state index contributed by atoms with van der Waals surface area (Å²) < 4.78 is 39.2. The topological polar surface area (TPSA) is 77.9 Å². The number of carboxylic acid groups (broad SMARTS) is 1. The minimum absolute atomic E-state index is 0.0905. The molecule has 1 heterocycles. The van der Waals surface area contributed by atoms with Crippen LogP contribution in [0.3, 0.4) is 0 Å². The van der Waals surface area contributed by atoms with Crippen molar-refractivity contribution in [2.24, 2.45) is 0 Å². The Bertz CT molecular complexity index is 587. The summed E-state index contributed by atoms with van der Waals surface area (Å²) in [5.41, 5.74) is 0.321. The highest BCUT2D eigenvalue weighted by Crippen LogP contribution is 2.26. The zero-order valence-corrected chi connectivity index (χ0v) is 11.0. The van der Waals surface area contributed by atoms with E-state index in [9.17, 15) is 17.6 Å². The summed E-state index contributed by atoms with van der Waals surface area (Å²) in [6.45, 7) is 1.55. The highest BCUT2D eigenvalue weighted by molar-refractivity contribution is 7.90. The van der Waals surface area contributed by atoms with E-state index >= 15 is 0 Å². The Kier molecular flexibility index (Phi) is 3.46. The number of aliphatic carboxylic acids is 1. The van der Waals surface area contributed by atoms with Crippen molar-refractivity contribution < 1.29 is 22.7 Å². The molecule has 1 fully saturated rings. The molecule has 8 heteroatoms. The molecule has 1 atom stereocenters. The molecule has 0 bridgehead atoms. The Morgan fingerprint density at radius 1 is 1.32 bits per heavy atom. The van der Waals surface area contributed by atoms with Gasteiger partial charge in [-0.1, -0.05) is 0 Å². The van der Waals surface area contributed by atoms with Crippen molar-refractivity contribution in [1.29, 1.82) is 0 Å². The second-order valence-corrected chi connectivity index (χ2v) is 5.99. The van der Waals surface area contributed by atoms with Crippen LogP contribution < -0.4 is 4.31 Å². The van der Waals surface area contributed by atoms with Crippen LogP contribution in [-0.2, 0) is 15.0 Å². The van der Waals surface area contributed by atoms with Gasteiger partial charge in [0.15, 0.2) is 0 Å². The van der Waals surface area contributed by atoms with E-state index in [0.29, 0.717) is 5.69 Å². The first-order valence-corrected chi connectivity index (χ1v) is 7.01. The maximum atomic E-state index is 12.8. The number of carboxylic acids is 1. The van der Waals surface area contributed by atoms with Crippen LogP contribution in [-0.4, -0.2) is 42.9 Å². The number of halogens is 1. The number of anilines is 1. The molecule has 1 aliphatic rings. The molecule has 1 aliphatic heterocycles. The van der Waals surface area contributed by atoms with E-state index in [2.05, 4.69) is 0 Å². The summed E-state index contributed by atoms with van der Waals surface area (Å²) in [5.74, 6) is -1.67. The van der Waals surface area contributed by atoms with Crippen molar-refractivity contribution >= 4 is 21.9 Å². The summed E-state index contributed by atoms with van der Waals surface area (Å²) in [6.07, 6.45) is 0. The first-order chi connectivity index (χ1) is 8.84. The van der Waals surface area contributed by atoms with E-state index in [-0.39, 0.29) is 13.1 Å². The van der Waals surface area contributed by atoms with Crippen LogP contribution in [0.5, 0.6) is 0 Å². The fourth-order valence-corrected chi connectivity index (χ4v) is 3.69. The first kappa shape index (κ1) is 13.8. The SMILES string of the molecule is CC(C(=O)O)N1CCN(c2ccc(F)cc2)S1(=O)=O. The molecule has 0 spiro atoms. The van der Waals surface area contributed by atoms with Gasteiger partial charge in [0.05, 0.1) is 5.69 Å². The van der Waals surface area contributed by atoms with E-state index in [4.69, 9.17) is 5.11 Å². The second-order valence-electron chi connectivity index (χ2n) is 4.18. The van der Waals surface area contributed by atoms with Crippen molar-refractivity contribution in [2.75, 3.05) is 17.4 Å². The molecule has 1 aromatic rings. The number of rotatable bonds is 3. The van der Waals surface area contributed by atoms with Crippen molar-refractivity contribution in [1.82, 2.24) is 4.31 Å². The lowest BCUT2D eigenvalue weighted by Crippen LogP contribution is -2.42. The van der Waals surface area contributed by atoms with E-state index < -0.39 is 28.0 Å². The summed E-state index contributed by atoms with van der Waals surface area (Å²) in [4.78, 5) is 10.9. The molecule has 1 saturated heterocycles. The molecule has 104 valence electrons. The van der Waals surface area contributed by atoms with Crippen LogP contribution >= 0.6 is 0 Å². The number of hydrogen-bond acceptors (Lipinski definition) is 3. The van der Waals surface area contributed by atoms with Gasteiger partial charge in [0.1, 0.15) is 11.9 Å². The molecule has 19 heavy (non-hydrogen) atoms. The van der Waals surface area contributed by atoms with Crippen LogP contribution in [0.1, 0.15) is 6.92 Å². The van der Waals surface area contributed by atoms with Crippen LogP contribution in [0.2, 0.25) is 0 Å². The highest BCUT2D eigenvalue weighted by Gasteiger charge is 2.41. The standard InChI is InChI=1S/C11H13FN2O4S/c1-8(11(15)16)13-6-7-14(19(13,17)18)10-4-2-9(12)3-5-10/h2-5,8H,6-7H2,1H3,(H,15,16). The second kappa shape index (κ2) is 4.78. The third kappa shape index (κ3) is 2.41. The van der Waals surface area contributed by atoms with Gasteiger partial charge in [-0.15, -0.1) is 0 Å². The minimum atomic E-state index is -3.87. The summed E-state index contributed by atoms with van der Waals surface area (Å²) in [5, 5.41) is 8.89. The summed E-state index contributed by atoms with van der Waals surface area (Å²) >= 11 is 0. The first-order valence-electron chi connectivity index (χ1n) is 5.62. The predicted molar refractivity (Wildman–Crippen MR) is 66.5 cm³/mol. The van der Waals surface area contributed by atoms with E-state index in [0.717, 1.165) is 20.7 Å². The van der Waals surface area contributed by atoms with Gasteiger partial charge in [0.25, 0.3) is 0 Å². The predicted octanol–water partition coefficient (Wildman–Crippen LogP) is 0.666. The lowest BCUT2D eigenvalue weighted by Gasteiger charge is -2.22. The summed E-state index contributed by atoms with van der Waals surface area (Å²) in [7, 11) is -3.87. The monoisotopic (exact) mass is 288 g/mol. The molecule has 6 nitrogen and oxygen atoms in total. The molecule has 0 saturated carbocycles. The molecule has 1 aromatic carbocycles. The lowest BCUT2D eigenvalue weighted by atomic mass is 10.3. The van der Waals surface area contributed by atoms with Gasteiger partial charge in [0, 0.05) is 13.1 Å². The Balaban J connectivity index is 2.32. The van der Waals surface area contributed by atoms with Gasteiger partial charge in [-0.05, 0) is 31.2 Å². The van der Waals surface area contributed by atoms with Crippen molar-refractivity contribution in [3.8, 4) is 0 Å². The quantitative estimate of drug-likeness (QED) is 0.886. The summed E-state index contributed by atoms with van der Waals surface area (Å²) in [6, 6.07) is 3.89. The molecule has 1 N–H and O–H groups in total. The highest BCUT2D eigenvalue weighted by atomic mass is 32.2. The molecule has 0 amide bonds. The zero-order chi connectivity index (χ0) is 14.2. The van der Waals surface area contributed by atoms with Gasteiger partial charge in [0.2, 0.25) is 0 Å². The average molecular weight is 288 g/mol. The molecule has 0 radical (unpaired) electrons. The third-order valence-corrected chi connectivity index (χ3v) is 5.04. The number of nitrogens with zero attached hydrogens (tertiary/aromatic N) is 2. The Hall–Kier alpha value is -1.67. The number of carbonyl (C=O) groups is 1. The molecule has 1 unspecified atom stereocenters. The van der Waals surface area contributed by atoms with E-state index in [1.165, 1.54) is 19.1 Å². The molecule has 0 aliphatic carbocycles. The lowest BCUT2D eigenvalue weighted by molar-refractivity contribution is -0.140. The van der Waals surface area contributed by atoms with Crippen molar-refractivity contribution in [2.45, 2.75) is 13.0 Å². The largest absolute Gasteiger partial charge is 0.480 e. The van der Waals surface area contributed by atoms with Gasteiger partial charge in [-0.3, -0.25) is 9.10 Å². The van der Waals surface area contributed by atoms with E-state index in [1.807, 2.05) is 0 Å². The molecule has 2 rings (SSSR count). The van der Waals surface area contributed by atoms with Crippen LogP contribution in [0.15, 0.2) is 24.3 Å². The van der Waals surface area contributed by atoms with Gasteiger partial charge >= 0.3 is 16.2 Å². The third-order valence-electron chi connectivity index (χ3n) is 3.00. The Labute approximate surface area is 110 Å². The van der Waals surface area contributed by atoms with Crippen LogP contribution in [0.25, 0.3) is 0 Å². The van der Waals surface area contributed by atoms with Crippen LogP contribution in [0, 0.1) is 5.82 Å². The molecular weight excluding hydrogens is 275 g/mol. The van der Waals surface area contributed by atoms with E-state index in [1.54, 1.807) is 0 Å². The number of benzene rings is 1. The Morgan fingerprint density at radius 2 is 1.89 bits per heavy atom. The van der Waals surface area contributed by atoms with Gasteiger partial charge < -0.3 is 5.11 Å². The van der Waals surface area contributed by atoms with Crippen molar-refractivity contribution in [3.05, 3.63) is 30.1 Å². The minimum Gasteiger partial charge on any atom is -0.480 e. The smallest absolute Gasteiger partial charge is 0.321 e. The normalized spacial score (nSPS) is 20.4. The molecule has 0 aromatic heterocycles. The fourth-order valence-electron chi connectivity index (χ4n) is 1.93. The molecular formula is C11H13FN2O4S. The number of hydrogen-bond donors (Lipinski definition) is 1. The zero-order valence-electron chi connectivity index (χ0n) is 10.2. The van der Waals surface area contributed by atoms with Gasteiger partial charge in [-0.25, -0.2) is 4.39 Å². The Morgan fingerprint density at radius 3 is 2.42 bits per heavy atom.